The van der Waals surface area contributed by atoms with Gasteiger partial charge in [0.05, 0.1) is 0 Å². The summed E-state index contributed by atoms with van der Waals surface area (Å²) in [6.45, 7) is 3.72. The zero-order valence-electron chi connectivity index (χ0n) is 11.8. The molecular formula is C17H16F3NS. The summed E-state index contributed by atoms with van der Waals surface area (Å²) in [4.78, 5) is 0.453. The van der Waals surface area contributed by atoms with Crippen LogP contribution in [0.2, 0.25) is 0 Å². The molecule has 1 nitrogen and oxygen atoms in total. The second kappa shape index (κ2) is 7.51. The molecule has 0 spiro atoms. The predicted octanol–water partition coefficient (Wildman–Crippen LogP) is 5.03. The molecule has 0 aliphatic rings. The highest BCUT2D eigenvalue weighted by molar-refractivity contribution is 8.00. The van der Waals surface area contributed by atoms with Crippen LogP contribution in [-0.4, -0.2) is 11.8 Å². The lowest BCUT2D eigenvalue weighted by Crippen LogP contribution is -2.35. The van der Waals surface area contributed by atoms with E-state index in [1.807, 2.05) is 0 Å². The van der Waals surface area contributed by atoms with E-state index in [4.69, 9.17) is 0 Å². The Hall–Kier alpha value is -1.72. The molecule has 0 aromatic heterocycles. The number of hydrogen-bond donors (Lipinski definition) is 1. The first kappa shape index (κ1) is 16.6. The van der Waals surface area contributed by atoms with E-state index in [2.05, 4.69) is 11.9 Å². The number of alkyl halides is 2. The first-order valence-electron chi connectivity index (χ1n) is 6.74. The molecule has 0 amide bonds. The normalized spacial score (nSPS) is 12.9. The third kappa shape index (κ3) is 4.39. The van der Waals surface area contributed by atoms with Gasteiger partial charge in [0, 0.05) is 11.4 Å². The summed E-state index contributed by atoms with van der Waals surface area (Å²) in [5.41, 5.74) is 0.204. The van der Waals surface area contributed by atoms with Gasteiger partial charge in [0.1, 0.15) is 11.9 Å². The smallest absolute Gasteiger partial charge is 0.301 e. The SMILES string of the molecule is C=CCN[C@@H](c1cccc(F)c1)C(F)(F)Sc1ccccc1. The van der Waals surface area contributed by atoms with Gasteiger partial charge < -0.3 is 5.32 Å². The number of hydrogen-bond acceptors (Lipinski definition) is 2. The minimum Gasteiger partial charge on any atom is -0.301 e. The molecule has 0 radical (unpaired) electrons. The summed E-state index contributed by atoms with van der Waals surface area (Å²) in [6, 6.07) is 12.4. The Morgan fingerprint density at radius 3 is 2.50 bits per heavy atom. The summed E-state index contributed by atoms with van der Waals surface area (Å²) in [5, 5.41) is -0.423. The zero-order chi connectivity index (χ0) is 16.0. The summed E-state index contributed by atoms with van der Waals surface area (Å²) >= 11 is 0.453. The van der Waals surface area contributed by atoms with Crippen LogP contribution in [-0.2, 0) is 0 Å². The molecule has 0 saturated heterocycles. The molecule has 2 aromatic carbocycles. The third-order valence-corrected chi connectivity index (χ3v) is 4.00. The van der Waals surface area contributed by atoms with Gasteiger partial charge in [-0.25, -0.2) is 4.39 Å². The molecule has 1 atom stereocenters. The Morgan fingerprint density at radius 1 is 1.14 bits per heavy atom. The van der Waals surface area contributed by atoms with E-state index in [0.29, 0.717) is 16.7 Å². The molecule has 1 N–H and O–H groups in total. The fourth-order valence-electron chi connectivity index (χ4n) is 2.02. The van der Waals surface area contributed by atoms with E-state index < -0.39 is 17.1 Å². The molecule has 0 fully saturated rings. The maximum Gasteiger partial charge on any atom is 0.317 e. The summed E-state index contributed by atoms with van der Waals surface area (Å²) in [6.07, 6.45) is 1.50. The molecule has 0 aliphatic heterocycles. The van der Waals surface area contributed by atoms with Crippen LogP contribution in [0.3, 0.4) is 0 Å². The standard InChI is InChI=1S/C17H16F3NS/c1-2-11-21-16(13-7-6-8-14(18)12-13)17(19,20)22-15-9-4-3-5-10-15/h2-10,12,16,21H,1,11H2/t16-/m0/s1. The van der Waals surface area contributed by atoms with E-state index >= 15 is 0 Å². The highest BCUT2D eigenvalue weighted by Gasteiger charge is 2.41. The number of nitrogens with one attached hydrogen (secondary N) is 1. The highest BCUT2D eigenvalue weighted by Crippen LogP contribution is 2.44. The van der Waals surface area contributed by atoms with Crippen molar-refractivity contribution in [2.24, 2.45) is 0 Å². The second-order valence-electron chi connectivity index (χ2n) is 4.66. The average Bonchev–Trinajstić information content (AvgIpc) is 2.48. The fraction of sp³-hybridized carbons (Fsp3) is 0.176. The lowest BCUT2D eigenvalue weighted by molar-refractivity contribution is 0.0601. The maximum atomic E-state index is 14.7. The van der Waals surface area contributed by atoms with Crippen molar-refractivity contribution in [3.8, 4) is 0 Å². The summed E-state index contributed by atoms with van der Waals surface area (Å²) in [5.74, 6) is -0.539. The fourth-order valence-corrected chi connectivity index (χ4v) is 2.97. The van der Waals surface area contributed by atoms with Gasteiger partial charge in [-0.15, -0.1) is 6.58 Å². The number of rotatable bonds is 7. The van der Waals surface area contributed by atoms with Gasteiger partial charge in [0.2, 0.25) is 0 Å². The first-order valence-corrected chi connectivity index (χ1v) is 7.56. The molecule has 0 heterocycles. The first-order chi connectivity index (χ1) is 10.5. The van der Waals surface area contributed by atoms with Crippen LogP contribution in [0.1, 0.15) is 11.6 Å². The van der Waals surface area contributed by atoms with Gasteiger partial charge in [0.15, 0.2) is 0 Å². The largest absolute Gasteiger partial charge is 0.317 e. The van der Waals surface area contributed by atoms with Crippen LogP contribution in [0.5, 0.6) is 0 Å². The van der Waals surface area contributed by atoms with E-state index in [9.17, 15) is 13.2 Å². The molecule has 2 aromatic rings. The van der Waals surface area contributed by atoms with Crippen molar-refractivity contribution in [3.05, 3.63) is 78.6 Å². The summed E-state index contributed by atoms with van der Waals surface area (Å²) in [7, 11) is 0. The molecule has 0 bridgehead atoms. The minimum atomic E-state index is -3.14. The van der Waals surface area contributed by atoms with Crippen LogP contribution in [0.15, 0.2) is 72.1 Å². The number of benzene rings is 2. The van der Waals surface area contributed by atoms with Crippen LogP contribution >= 0.6 is 11.8 Å². The molecule has 5 heteroatoms. The Kier molecular flexibility index (Phi) is 5.69. The molecule has 116 valence electrons. The van der Waals surface area contributed by atoms with Crippen LogP contribution < -0.4 is 5.32 Å². The Morgan fingerprint density at radius 2 is 1.86 bits per heavy atom. The molecule has 0 saturated carbocycles. The average molecular weight is 323 g/mol. The van der Waals surface area contributed by atoms with E-state index in [-0.39, 0.29) is 12.1 Å². The van der Waals surface area contributed by atoms with Crippen molar-refractivity contribution in [1.29, 1.82) is 0 Å². The Balaban J connectivity index is 2.28. The molecule has 22 heavy (non-hydrogen) atoms. The lowest BCUT2D eigenvalue weighted by atomic mass is 10.1. The van der Waals surface area contributed by atoms with Crippen molar-refractivity contribution >= 4 is 11.8 Å². The van der Waals surface area contributed by atoms with Crippen molar-refractivity contribution in [1.82, 2.24) is 5.32 Å². The molecule has 0 aliphatic carbocycles. The topological polar surface area (TPSA) is 12.0 Å². The summed E-state index contributed by atoms with van der Waals surface area (Å²) < 4.78 is 42.7. The third-order valence-electron chi connectivity index (χ3n) is 2.98. The van der Waals surface area contributed by atoms with Crippen molar-refractivity contribution < 1.29 is 13.2 Å². The second-order valence-corrected chi connectivity index (χ2v) is 5.88. The number of thioether (sulfide) groups is 1. The van der Waals surface area contributed by atoms with Crippen molar-refractivity contribution in [2.75, 3.05) is 6.54 Å². The predicted molar refractivity (Wildman–Crippen MR) is 84.6 cm³/mol. The Bertz CT molecular complexity index is 616. The molecule has 2 rings (SSSR count). The van der Waals surface area contributed by atoms with Gasteiger partial charge >= 0.3 is 5.25 Å². The minimum absolute atomic E-state index is 0.201. The van der Waals surface area contributed by atoms with Crippen LogP contribution in [0.25, 0.3) is 0 Å². The lowest BCUT2D eigenvalue weighted by Gasteiger charge is -2.27. The van der Waals surface area contributed by atoms with E-state index in [0.717, 1.165) is 6.07 Å². The van der Waals surface area contributed by atoms with E-state index in [1.54, 1.807) is 30.3 Å². The van der Waals surface area contributed by atoms with E-state index in [1.165, 1.54) is 24.3 Å². The van der Waals surface area contributed by atoms with Crippen LogP contribution in [0, 0.1) is 5.82 Å². The van der Waals surface area contributed by atoms with Gasteiger partial charge in [-0.3, -0.25) is 0 Å². The van der Waals surface area contributed by atoms with Gasteiger partial charge in [-0.1, -0.05) is 48.2 Å². The maximum absolute atomic E-state index is 14.7. The quantitative estimate of drug-likeness (QED) is 0.567. The number of halogens is 3. The van der Waals surface area contributed by atoms with Crippen molar-refractivity contribution in [2.45, 2.75) is 16.2 Å². The monoisotopic (exact) mass is 323 g/mol. The zero-order valence-corrected chi connectivity index (χ0v) is 12.6. The van der Waals surface area contributed by atoms with Gasteiger partial charge in [-0.05, 0) is 29.8 Å². The van der Waals surface area contributed by atoms with Crippen LogP contribution in [0.4, 0.5) is 13.2 Å². The molecule has 0 unspecified atom stereocenters. The van der Waals surface area contributed by atoms with Crippen molar-refractivity contribution in [3.63, 3.8) is 0 Å². The molecular weight excluding hydrogens is 307 g/mol. The highest BCUT2D eigenvalue weighted by atomic mass is 32.2. The van der Waals surface area contributed by atoms with Gasteiger partial charge in [-0.2, -0.15) is 8.78 Å². The Labute approximate surface area is 132 Å². The van der Waals surface area contributed by atoms with Gasteiger partial charge in [0.25, 0.3) is 0 Å².